The molecular weight excluding hydrogens is 536 g/mol. The van der Waals surface area contributed by atoms with E-state index in [0.717, 1.165) is 32.5 Å². The van der Waals surface area contributed by atoms with Crippen molar-refractivity contribution < 1.29 is 14.7 Å². The van der Waals surface area contributed by atoms with Gasteiger partial charge in [-0.15, -0.1) is 12.4 Å². The lowest BCUT2D eigenvalue weighted by atomic mass is 9.91. The zero-order valence-corrected chi connectivity index (χ0v) is 24.0. The fourth-order valence-electron chi connectivity index (χ4n) is 5.06. The zero-order chi connectivity index (χ0) is 28.2. The van der Waals surface area contributed by atoms with Crippen molar-refractivity contribution in [2.45, 2.75) is 44.8 Å². The van der Waals surface area contributed by atoms with E-state index in [1.54, 1.807) is 17.2 Å². The molecule has 2 atom stereocenters. The normalized spacial score (nSPS) is 18.9. The Kier molecular flexibility index (Phi) is 10.7. The number of urea groups is 1. The molecule has 1 unspecified atom stereocenters. The second-order valence-electron chi connectivity index (χ2n) is 10.9. The third-order valence-corrected chi connectivity index (χ3v) is 7.71. The highest BCUT2D eigenvalue weighted by Crippen LogP contribution is 2.21. The van der Waals surface area contributed by atoms with E-state index in [1.165, 1.54) is 22.0 Å². The van der Waals surface area contributed by atoms with Gasteiger partial charge in [0, 0.05) is 45.0 Å². The first-order valence-electron chi connectivity index (χ1n) is 13.5. The van der Waals surface area contributed by atoms with Crippen molar-refractivity contribution in [2.24, 2.45) is 17.4 Å². The number of hydrogen-bond donors (Lipinski definition) is 4. The summed E-state index contributed by atoms with van der Waals surface area (Å²) in [5.74, 6) is 0.392. The van der Waals surface area contributed by atoms with Gasteiger partial charge in [0.1, 0.15) is 11.4 Å². The lowest BCUT2D eigenvalue weighted by molar-refractivity contribution is -0.139. The van der Waals surface area contributed by atoms with Gasteiger partial charge in [0.2, 0.25) is 5.91 Å². The van der Waals surface area contributed by atoms with Crippen molar-refractivity contribution in [3.63, 3.8) is 0 Å². The first kappa shape index (κ1) is 31.5. The molecular formula is C27H41ClN8O4. The molecule has 2 fully saturated rings. The molecule has 2 aliphatic rings. The predicted molar refractivity (Wildman–Crippen MR) is 156 cm³/mol. The van der Waals surface area contributed by atoms with Crippen molar-refractivity contribution in [1.82, 2.24) is 24.3 Å². The van der Waals surface area contributed by atoms with Gasteiger partial charge in [-0.3, -0.25) is 19.6 Å². The number of piperidine rings is 1. The molecule has 40 heavy (non-hydrogen) atoms. The molecule has 2 saturated heterocycles. The summed E-state index contributed by atoms with van der Waals surface area (Å²) in [4.78, 5) is 47.4. The second-order valence-corrected chi connectivity index (χ2v) is 10.9. The summed E-state index contributed by atoms with van der Waals surface area (Å²) in [6.07, 6.45) is 3.83. The molecule has 0 spiro atoms. The minimum Gasteiger partial charge on any atom is -0.394 e. The summed E-state index contributed by atoms with van der Waals surface area (Å²) in [5.41, 5.74) is 11.9. The van der Waals surface area contributed by atoms with Gasteiger partial charge < -0.3 is 26.4 Å². The molecule has 0 bridgehead atoms. The third-order valence-electron chi connectivity index (χ3n) is 7.71. The van der Waals surface area contributed by atoms with Crippen LogP contribution in [0.4, 0.5) is 10.6 Å². The smallest absolute Gasteiger partial charge is 0.354 e. The van der Waals surface area contributed by atoms with E-state index in [1.807, 2.05) is 24.3 Å². The van der Waals surface area contributed by atoms with Crippen LogP contribution in [-0.4, -0.2) is 98.8 Å². The van der Waals surface area contributed by atoms with Gasteiger partial charge >= 0.3 is 11.7 Å². The maximum Gasteiger partial charge on any atom is 0.354 e. The van der Waals surface area contributed by atoms with Crippen molar-refractivity contribution >= 4 is 30.2 Å². The Bertz CT molecular complexity index is 1200. The first-order valence-corrected chi connectivity index (χ1v) is 13.5. The van der Waals surface area contributed by atoms with Gasteiger partial charge in [-0.25, -0.2) is 9.59 Å². The number of aliphatic hydroxyl groups excluding tert-OH is 1. The molecule has 13 heteroatoms. The molecule has 220 valence electrons. The molecule has 3 heterocycles. The number of nitrogens with two attached hydrogens (primary N) is 2. The Morgan fingerprint density at radius 3 is 2.23 bits per heavy atom. The quantitative estimate of drug-likeness (QED) is 0.372. The highest BCUT2D eigenvalue weighted by Gasteiger charge is 2.34. The molecule has 4 rings (SSSR count). The van der Waals surface area contributed by atoms with Crippen LogP contribution in [0.1, 0.15) is 32.3 Å². The second kappa shape index (κ2) is 13.6. The fraction of sp³-hybridized carbons (Fsp3) is 0.556. The summed E-state index contributed by atoms with van der Waals surface area (Å²) in [6, 6.07) is 9.26. The van der Waals surface area contributed by atoms with Crippen molar-refractivity contribution in [1.29, 1.82) is 0 Å². The van der Waals surface area contributed by atoms with Gasteiger partial charge in [-0.2, -0.15) is 4.98 Å². The van der Waals surface area contributed by atoms with Crippen LogP contribution in [0.2, 0.25) is 0 Å². The van der Waals surface area contributed by atoms with E-state index in [9.17, 15) is 19.5 Å². The lowest BCUT2D eigenvalue weighted by Crippen LogP contribution is -2.60. The van der Waals surface area contributed by atoms with Gasteiger partial charge in [0.05, 0.1) is 12.3 Å². The van der Waals surface area contributed by atoms with Crippen LogP contribution in [0.3, 0.4) is 0 Å². The lowest BCUT2D eigenvalue weighted by Gasteiger charge is -2.37. The van der Waals surface area contributed by atoms with Gasteiger partial charge in [0.15, 0.2) is 0 Å². The number of halogens is 1. The number of likely N-dealkylation sites (tertiary alicyclic amines) is 1. The predicted octanol–water partition coefficient (Wildman–Crippen LogP) is 0.599. The third kappa shape index (κ3) is 7.58. The number of aliphatic hydroxyl groups is 1. The van der Waals surface area contributed by atoms with Gasteiger partial charge in [-0.05, 0) is 69.5 Å². The van der Waals surface area contributed by atoms with Crippen molar-refractivity contribution in [2.75, 3.05) is 51.2 Å². The molecule has 0 radical (unpaired) electrons. The number of hydrogen-bond acceptors (Lipinski definition) is 8. The van der Waals surface area contributed by atoms with Crippen molar-refractivity contribution in [3.05, 3.63) is 52.6 Å². The highest BCUT2D eigenvalue weighted by molar-refractivity contribution is 5.89. The van der Waals surface area contributed by atoms with Crippen LogP contribution in [0.5, 0.6) is 0 Å². The Hall–Kier alpha value is -3.03. The minimum atomic E-state index is -1.35. The van der Waals surface area contributed by atoms with Crippen LogP contribution in [0.25, 0.3) is 5.69 Å². The zero-order valence-electron chi connectivity index (χ0n) is 23.2. The number of rotatable bonds is 7. The number of nitrogens with one attached hydrogen (secondary N) is 1. The number of aromatic nitrogens is 2. The molecule has 1 aromatic carbocycles. The molecule has 0 aliphatic carbocycles. The Balaban J connectivity index is 0.00000441. The van der Waals surface area contributed by atoms with E-state index < -0.39 is 23.9 Å². The summed E-state index contributed by atoms with van der Waals surface area (Å²) in [5, 5.41) is 12.0. The number of piperazine rings is 1. The molecule has 0 saturated carbocycles. The average Bonchev–Trinajstić information content (AvgIpc) is 2.93. The molecule has 12 nitrogen and oxygen atoms in total. The van der Waals surface area contributed by atoms with Gasteiger partial charge in [0.25, 0.3) is 0 Å². The number of carbonyl (C=O) groups is 2. The highest BCUT2D eigenvalue weighted by atomic mass is 35.5. The van der Waals surface area contributed by atoms with E-state index in [2.05, 4.69) is 22.1 Å². The van der Waals surface area contributed by atoms with E-state index in [4.69, 9.17) is 11.5 Å². The fourth-order valence-corrected chi connectivity index (χ4v) is 5.06. The summed E-state index contributed by atoms with van der Waals surface area (Å²) in [7, 11) is 0. The van der Waals surface area contributed by atoms with Crippen LogP contribution >= 0.6 is 12.4 Å². The number of anilines is 1. The number of carbonyl (C=O) groups excluding carboxylic acids is 2. The van der Waals surface area contributed by atoms with Crippen LogP contribution < -0.4 is 22.5 Å². The van der Waals surface area contributed by atoms with E-state index in [0.29, 0.717) is 37.8 Å². The topological polar surface area (TPSA) is 163 Å². The minimum absolute atomic E-state index is 0. The van der Waals surface area contributed by atoms with Gasteiger partial charge in [-0.1, -0.05) is 12.1 Å². The maximum atomic E-state index is 12.7. The monoisotopic (exact) mass is 576 g/mol. The standard InChI is InChI=1S/C27H40N8O4.ClH/c1-19(28)21-7-10-32(11-8-21)17-20-3-5-22(6-4-20)35-12-9-23(31-26(35)39)30-25(38)34-15-13-33(14-16-34)24(37)27(2,29)18-36;/h3-6,9,12,19,21,36H,7-8,10-11,13-18,28-29H2,1-2H3,(H,30,31,38,39);1H/t19-,27?;/m1./s1. The summed E-state index contributed by atoms with van der Waals surface area (Å²) < 4.78 is 1.43. The molecule has 3 amide bonds. The Morgan fingerprint density at radius 1 is 1.07 bits per heavy atom. The molecule has 1 aromatic heterocycles. The number of amides is 3. The molecule has 2 aliphatic heterocycles. The first-order chi connectivity index (χ1) is 18.6. The van der Waals surface area contributed by atoms with Crippen LogP contribution in [0, 0.1) is 5.92 Å². The molecule has 6 N–H and O–H groups in total. The summed E-state index contributed by atoms with van der Waals surface area (Å²) >= 11 is 0. The van der Waals surface area contributed by atoms with E-state index >= 15 is 0 Å². The Morgan fingerprint density at radius 2 is 1.68 bits per heavy atom. The summed E-state index contributed by atoms with van der Waals surface area (Å²) in [6.45, 7) is 7.24. The Labute approximate surface area is 240 Å². The maximum absolute atomic E-state index is 12.7. The van der Waals surface area contributed by atoms with E-state index in [-0.39, 0.29) is 30.2 Å². The average molecular weight is 577 g/mol. The number of nitrogens with zero attached hydrogens (tertiary/aromatic N) is 5. The largest absolute Gasteiger partial charge is 0.394 e. The SMILES string of the molecule is C[C@@H](N)C1CCN(Cc2ccc(-n3ccc(NC(=O)N4CCN(C(=O)C(C)(N)CO)CC4)nc3=O)cc2)CC1.Cl. The van der Waals surface area contributed by atoms with Crippen LogP contribution in [0.15, 0.2) is 41.3 Å². The van der Waals surface area contributed by atoms with Crippen LogP contribution in [-0.2, 0) is 11.3 Å². The van der Waals surface area contributed by atoms with Crippen molar-refractivity contribution in [3.8, 4) is 5.69 Å². The molecule has 2 aromatic rings. The number of benzene rings is 1.